The Morgan fingerprint density at radius 3 is 2.28 bits per heavy atom. The van der Waals surface area contributed by atoms with Gasteiger partial charge in [0.05, 0.1) is 25.1 Å². The lowest BCUT2D eigenvalue weighted by Gasteiger charge is -2.23. The van der Waals surface area contributed by atoms with Crippen LogP contribution in [0.15, 0.2) is 76.9 Å². The Balaban J connectivity index is 1.62. The van der Waals surface area contributed by atoms with Crippen LogP contribution in [0.25, 0.3) is 5.76 Å². The van der Waals surface area contributed by atoms with E-state index in [1.54, 1.807) is 36.4 Å². The number of aliphatic hydroxyl groups excluding tert-OH is 1. The van der Waals surface area contributed by atoms with Crippen LogP contribution in [0.5, 0.6) is 11.5 Å². The fraction of sp³-hybridized carbons (Fsp3) is 0.310. The van der Waals surface area contributed by atoms with Crippen LogP contribution in [0, 0.1) is 0 Å². The predicted octanol–water partition coefficient (Wildman–Crippen LogP) is 5.87. The number of hydrogen-bond acceptors (Lipinski definition) is 6. The van der Waals surface area contributed by atoms with E-state index in [2.05, 4.69) is 6.92 Å². The number of carbonyl (C=O) groups excluding carboxylic acids is 2. The Bertz CT molecular complexity index is 1200. The Morgan fingerprint density at radius 1 is 0.944 bits per heavy atom. The number of rotatable bonds is 11. The standard InChI is InChI=1S/C29H31NO6/c1-3-5-6-17-35-23-15-11-21(12-16-23)27(31)25-26(24-8-7-18-36-24)30(29(33)28(25)32)19-20-9-13-22(14-10-20)34-4-2/h7-16,18,26,31H,3-6,17,19H2,1-2H3/b27-25-. The third-order valence-electron chi connectivity index (χ3n) is 6.08. The van der Waals surface area contributed by atoms with Crippen LogP contribution in [0.3, 0.4) is 0 Å². The van der Waals surface area contributed by atoms with Crippen LogP contribution in [-0.2, 0) is 16.1 Å². The SMILES string of the molecule is CCCCCOc1ccc(/C(O)=C2/C(=O)C(=O)N(Cc3ccc(OCC)cc3)C2c2ccco2)cc1. The van der Waals surface area contributed by atoms with E-state index < -0.39 is 17.7 Å². The number of amides is 1. The normalized spacial score (nSPS) is 16.9. The first-order chi connectivity index (χ1) is 17.5. The summed E-state index contributed by atoms with van der Waals surface area (Å²) >= 11 is 0. The highest BCUT2D eigenvalue weighted by molar-refractivity contribution is 6.46. The van der Waals surface area contributed by atoms with E-state index in [1.165, 1.54) is 11.2 Å². The number of Topliss-reactive ketones (excluding diaryl/α,β-unsaturated/α-hetero) is 1. The zero-order valence-electron chi connectivity index (χ0n) is 20.6. The zero-order chi connectivity index (χ0) is 25.5. The molecular weight excluding hydrogens is 458 g/mol. The second-order valence-corrected chi connectivity index (χ2v) is 8.60. The van der Waals surface area contributed by atoms with Crippen LogP contribution >= 0.6 is 0 Å². The van der Waals surface area contributed by atoms with E-state index in [0.717, 1.165) is 30.6 Å². The molecule has 1 unspecified atom stereocenters. The van der Waals surface area contributed by atoms with Gasteiger partial charge in [-0.15, -0.1) is 0 Å². The number of furan rings is 1. The molecule has 0 aliphatic carbocycles. The fourth-order valence-electron chi connectivity index (χ4n) is 4.25. The van der Waals surface area contributed by atoms with Gasteiger partial charge in [-0.3, -0.25) is 9.59 Å². The van der Waals surface area contributed by atoms with Crippen molar-refractivity contribution in [2.45, 2.75) is 45.7 Å². The molecule has 1 aromatic heterocycles. The van der Waals surface area contributed by atoms with Crippen molar-refractivity contribution < 1.29 is 28.6 Å². The van der Waals surface area contributed by atoms with Gasteiger partial charge in [-0.2, -0.15) is 0 Å². The van der Waals surface area contributed by atoms with Crippen molar-refractivity contribution in [3.05, 3.63) is 89.4 Å². The summed E-state index contributed by atoms with van der Waals surface area (Å²) in [6.45, 7) is 5.39. The fourth-order valence-corrected chi connectivity index (χ4v) is 4.25. The van der Waals surface area contributed by atoms with Crippen molar-refractivity contribution in [1.82, 2.24) is 4.90 Å². The molecule has 0 spiro atoms. The summed E-state index contributed by atoms with van der Waals surface area (Å²) in [6.07, 6.45) is 4.67. The molecule has 1 amide bonds. The molecule has 3 aromatic rings. The van der Waals surface area contributed by atoms with Gasteiger partial charge in [0.25, 0.3) is 11.7 Å². The lowest BCUT2D eigenvalue weighted by molar-refractivity contribution is -0.140. The molecule has 4 rings (SSSR count). The maximum atomic E-state index is 13.1. The highest BCUT2D eigenvalue weighted by atomic mass is 16.5. The second kappa shape index (κ2) is 11.6. The quantitative estimate of drug-likeness (QED) is 0.157. The minimum atomic E-state index is -0.850. The molecule has 188 valence electrons. The van der Waals surface area contributed by atoms with Crippen molar-refractivity contribution >= 4 is 17.4 Å². The van der Waals surface area contributed by atoms with Gasteiger partial charge in [0.15, 0.2) is 0 Å². The van der Waals surface area contributed by atoms with Gasteiger partial charge < -0.3 is 23.9 Å². The minimum Gasteiger partial charge on any atom is -0.507 e. The first-order valence-electron chi connectivity index (χ1n) is 12.3. The van der Waals surface area contributed by atoms with E-state index in [0.29, 0.717) is 30.3 Å². The minimum absolute atomic E-state index is 0.00231. The highest BCUT2D eigenvalue weighted by Crippen LogP contribution is 2.40. The van der Waals surface area contributed by atoms with E-state index >= 15 is 0 Å². The number of ketones is 1. The molecule has 0 radical (unpaired) electrons. The van der Waals surface area contributed by atoms with Crippen molar-refractivity contribution in [2.24, 2.45) is 0 Å². The lowest BCUT2D eigenvalue weighted by atomic mass is 9.99. The Hall–Kier alpha value is -4.00. The van der Waals surface area contributed by atoms with Gasteiger partial charge in [-0.1, -0.05) is 31.9 Å². The Labute approximate surface area is 210 Å². The molecule has 2 aromatic carbocycles. The number of unbranched alkanes of at least 4 members (excludes halogenated alkanes) is 2. The molecule has 0 bridgehead atoms. The molecule has 7 heteroatoms. The predicted molar refractivity (Wildman–Crippen MR) is 136 cm³/mol. The van der Waals surface area contributed by atoms with E-state index in [4.69, 9.17) is 13.9 Å². The van der Waals surface area contributed by atoms with Gasteiger partial charge in [0, 0.05) is 12.1 Å². The van der Waals surface area contributed by atoms with E-state index in [9.17, 15) is 14.7 Å². The Morgan fingerprint density at radius 2 is 1.64 bits per heavy atom. The van der Waals surface area contributed by atoms with Crippen LogP contribution in [0.1, 0.15) is 56.0 Å². The van der Waals surface area contributed by atoms with Gasteiger partial charge in [0.2, 0.25) is 0 Å². The van der Waals surface area contributed by atoms with Crippen LogP contribution in [0.2, 0.25) is 0 Å². The number of nitrogens with zero attached hydrogens (tertiary/aromatic N) is 1. The monoisotopic (exact) mass is 489 g/mol. The first-order valence-corrected chi connectivity index (χ1v) is 12.3. The average Bonchev–Trinajstić information content (AvgIpc) is 3.51. The topological polar surface area (TPSA) is 89.2 Å². The first kappa shape index (κ1) is 25.1. The number of benzene rings is 2. The molecule has 1 N–H and O–H groups in total. The third kappa shape index (κ3) is 5.46. The molecule has 1 atom stereocenters. The van der Waals surface area contributed by atoms with Gasteiger partial charge in [-0.05, 0) is 67.4 Å². The number of ether oxygens (including phenoxy) is 2. The van der Waals surface area contributed by atoms with E-state index in [1.807, 2.05) is 31.2 Å². The number of carbonyl (C=O) groups is 2. The summed E-state index contributed by atoms with van der Waals surface area (Å²) in [7, 11) is 0. The molecule has 1 aliphatic rings. The van der Waals surface area contributed by atoms with Crippen LogP contribution in [-0.4, -0.2) is 34.9 Å². The van der Waals surface area contributed by atoms with Crippen LogP contribution in [0.4, 0.5) is 0 Å². The average molecular weight is 490 g/mol. The maximum absolute atomic E-state index is 13.1. The van der Waals surface area contributed by atoms with Gasteiger partial charge in [0.1, 0.15) is 29.1 Å². The summed E-state index contributed by atoms with van der Waals surface area (Å²) in [6, 6.07) is 16.7. The molecule has 1 aliphatic heterocycles. The number of aliphatic hydroxyl groups is 1. The van der Waals surface area contributed by atoms with Crippen molar-refractivity contribution in [1.29, 1.82) is 0 Å². The zero-order valence-corrected chi connectivity index (χ0v) is 20.6. The summed E-state index contributed by atoms with van der Waals surface area (Å²) in [4.78, 5) is 27.7. The summed E-state index contributed by atoms with van der Waals surface area (Å²) in [5.74, 6) is 0.117. The molecule has 36 heavy (non-hydrogen) atoms. The summed E-state index contributed by atoms with van der Waals surface area (Å²) in [5, 5.41) is 11.2. The third-order valence-corrected chi connectivity index (χ3v) is 6.08. The summed E-state index contributed by atoms with van der Waals surface area (Å²) in [5.41, 5.74) is 1.24. The van der Waals surface area contributed by atoms with E-state index in [-0.39, 0.29) is 17.9 Å². The smallest absolute Gasteiger partial charge is 0.296 e. The largest absolute Gasteiger partial charge is 0.507 e. The number of likely N-dealkylation sites (tertiary alicyclic amines) is 1. The molecule has 0 saturated carbocycles. The lowest BCUT2D eigenvalue weighted by Crippen LogP contribution is -2.29. The molecule has 1 saturated heterocycles. The van der Waals surface area contributed by atoms with Crippen molar-refractivity contribution in [2.75, 3.05) is 13.2 Å². The highest BCUT2D eigenvalue weighted by Gasteiger charge is 2.47. The molecule has 2 heterocycles. The number of hydrogen-bond donors (Lipinski definition) is 1. The maximum Gasteiger partial charge on any atom is 0.296 e. The molecular formula is C29H31NO6. The molecule has 1 fully saturated rings. The Kier molecular flexibility index (Phi) is 8.10. The van der Waals surface area contributed by atoms with Crippen molar-refractivity contribution in [3.8, 4) is 11.5 Å². The van der Waals surface area contributed by atoms with Gasteiger partial charge >= 0.3 is 0 Å². The molecule has 7 nitrogen and oxygen atoms in total. The van der Waals surface area contributed by atoms with Gasteiger partial charge in [-0.25, -0.2) is 0 Å². The van der Waals surface area contributed by atoms with Crippen LogP contribution < -0.4 is 9.47 Å². The second-order valence-electron chi connectivity index (χ2n) is 8.60. The summed E-state index contributed by atoms with van der Waals surface area (Å²) < 4.78 is 16.8. The van der Waals surface area contributed by atoms with Crippen molar-refractivity contribution in [3.63, 3.8) is 0 Å².